The minimum Gasteiger partial charge on any atom is -0.497 e. The van der Waals surface area contributed by atoms with Crippen LogP contribution in [0.2, 0.25) is 0 Å². The molecule has 1 heterocycles. The Morgan fingerprint density at radius 1 is 1.21 bits per heavy atom. The lowest BCUT2D eigenvalue weighted by Gasteiger charge is -2.35. The third-order valence-electron chi connectivity index (χ3n) is 5.55. The molecule has 0 radical (unpaired) electrons. The molecule has 0 saturated heterocycles. The third kappa shape index (κ3) is 4.13. The van der Waals surface area contributed by atoms with Crippen LogP contribution in [0.1, 0.15) is 50.3 Å². The summed E-state index contributed by atoms with van der Waals surface area (Å²) < 4.78 is 32.0. The van der Waals surface area contributed by atoms with Gasteiger partial charge in [-0.25, -0.2) is 8.42 Å². The molecule has 3 rings (SSSR count). The molecule has 5 nitrogen and oxygen atoms in total. The highest BCUT2D eigenvalue weighted by Crippen LogP contribution is 2.39. The number of Topliss-reactive ketones (excluding diaryl/α,β-unsaturated/α-hetero) is 1. The molecule has 2 atom stereocenters. The topological polar surface area (TPSA) is 72.5 Å². The number of fused-ring (bicyclic) bond motifs is 1. The van der Waals surface area contributed by atoms with E-state index in [1.807, 2.05) is 43.3 Å². The van der Waals surface area contributed by atoms with E-state index in [4.69, 9.17) is 4.74 Å². The fraction of sp³-hybridized carbons (Fsp3) is 0.409. The van der Waals surface area contributed by atoms with Gasteiger partial charge >= 0.3 is 0 Å². The first-order chi connectivity index (χ1) is 13.3. The summed E-state index contributed by atoms with van der Waals surface area (Å²) in [4.78, 5) is 11.9. The Bertz CT molecular complexity index is 956. The molecule has 0 amide bonds. The van der Waals surface area contributed by atoms with Crippen LogP contribution in [0.5, 0.6) is 5.75 Å². The van der Waals surface area contributed by atoms with Crippen LogP contribution in [-0.4, -0.2) is 32.6 Å². The minimum absolute atomic E-state index is 0.0483. The maximum atomic E-state index is 13.4. The number of methoxy groups -OCH3 is 1. The number of ether oxygens (including phenoxy) is 1. The van der Waals surface area contributed by atoms with Gasteiger partial charge in [0.15, 0.2) is 9.84 Å². The van der Waals surface area contributed by atoms with Gasteiger partial charge in [0.1, 0.15) is 11.5 Å². The number of ketones is 1. The molecule has 1 aliphatic heterocycles. The van der Waals surface area contributed by atoms with Gasteiger partial charge in [0.05, 0.1) is 23.8 Å². The number of rotatable bonds is 6. The van der Waals surface area contributed by atoms with Gasteiger partial charge in [-0.3, -0.25) is 5.32 Å². The number of benzene rings is 2. The number of carbonyl (C=O) groups is 1. The van der Waals surface area contributed by atoms with Crippen molar-refractivity contribution in [1.82, 2.24) is 5.32 Å². The van der Waals surface area contributed by atoms with Crippen molar-refractivity contribution < 1.29 is 17.9 Å². The van der Waals surface area contributed by atoms with E-state index < -0.39 is 15.4 Å². The van der Waals surface area contributed by atoms with Crippen molar-refractivity contribution in [3.8, 4) is 5.75 Å². The molecule has 0 saturated carbocycles. The van der Waals surface area contributed by atoms with Crippen LogP contribution >= 0.6 is 0 Å². The molecule has 150 valence electrons. The van der Waals surface area contributed by atoms with E-state index in [2.05, 4.69) is 5.32 Å². The predicted octanol–water partition coefficient (Wildman–Crippen LogP) is 3.68. The van der Waals surface area contributed by atoms with Gasteiger partial charge in [0.2, 0.25) is 0 Å². The van der Waals surface area contributed by atoms with Crippen LogP contribution in [0.15, 0.2) is 53.4 Å². The number of nitrogens with one attached hydrogen (secondary N) is 1. The molecule has 0 aromatic heterocycles. The van der Waals surface area contributed by atoms with Gasteiger partial charge in [-0.15, -0.1) is 0 Å². The van der Waals surface area contributed by atoms with E-state index in [9.17, 15) is 13.2 Å². The van der Waals surface area contributed by atoms with Gasteiger partial charge in [-0.05, 0) is 43.0 Å². The Balaban J connectivity index is 2.19. The van der Waals surface area contributed by atoms with Crippen molar-refractivity contribution in [1.29, 1.82) is 0 Å². The molecule has 0 aliphatic carbocycles. The summed E-state index contributed by atoms with van der Waals surface area (Å²) in [6.45, 7) is 3.52. The van der Waals surface area contributed by atoms with Crippen LogP contribution in [0.3, 0.4) is 0 Å². The zero-order valence-electron chi connectivity index (χ0n) is 16.6. The van der Waals surface area contributed by atoms with Crippen LogP contribution in [0.25, 0.3) is 0 Å². The SMILES string of the molecule is CC[C@]1(CCC(C)=O)CS(=O)(=O)c2cc(OC)ccc2[C@H](c2ccccc2)N1. The maximum absolute atomic E-state index is 13.4. The molecular weight excluding hydrogens is 374 g/mol. The first-order valence-electron chi connectivity index (χ1n) is 9.53. The van der Waals surface area contributed by atoms with Gasteiger partial charge < -0.3 is 9.53 Å². The second-order valence-corrected chi connectivity index (χ2v) is 9.44. The first-order valence-corrected chi connectivity index (χ1v) is 11.2. The average molecular weight is 402 g/mol. The van der Waals surface area contributed by atoms with Crippen molar-refractivity contribution in [2.75, 3.05) is 12.9 Å². The number of hydrogen-bond acceptors (Lipinski definition) is 5. The highest BCUT2D eigenvalue weighted by Gasteiger charge is 2.42. The van der Waals surface area contributed by atoms with E-state index in [1.165, 1.54) is 7.11 Å². The Labute approximate surface area is 167 Å². The van der Waals surface area contributed by atoms with E-state index in [0.29, 0.717) is 35.5 Å². The van der Waals surface area contributed by atoms with Crippen molar-refractivity contribution in [2.24, 2.45) is 0 Å². The Kier molecular flexibility index (Phi) is 5.91. The first kappa shape index (κ1) is 20.6. The molecule has 28 heavy (non-hydrogen) atoms. The summed E-state index contributed by atoms with van der Waals surface area (Å²) in [6, 6.07) is 14.8. The minimum atomic E-state index is -3.57. The Hall–Kier alpha value is -2.18. The van der Waals surface area contributed by atoms with Gasteiger partial charge in [-0.1, -0.05) is 43.3 Å². The van der Waals surface area contributed by atoms with Gasteiger partial charge in [0, 0.05) is 12.0 Å². The Morgan fingerprint density at radius 2 is 1.93 bits per heavy atom. The average Bonchev–Trinajstić information content (AvgIpc) is 2.79. The van der Waals surface area contributed by atoms with E-state index in [1.54, 1.807) is 19.1 Å². The fourth-order valence-corrected chi connectivity index (χ4v) is 6.02. The van der Waals surface area contributed by atoms with Gasteiger partial charge in [0.25, 0.3) is 0 Å². The summed E-state index contributed by atoms with van der Waals surface area (Å²) in [5, 5.41) is 3.63. The largest absolute Gasteiger partial charge is 0.497 e. The van der Waals surface area contributed by atoms with Crippen molar-refractivity contribution in [3.05, 3.63) is 59.7 Å². The fourth-order valence-electron chi connectivity index (χ4n) is 3.87. The summed E-state index contributed by atoms with van der Waals surface area (Å²) in [6.07, 6.45) is 1.43. The summed E-state index contributed by atoms with van der Waals surface area (Å²) in [5.74, 6) is 0.529. The smallest absolute Gasteiger partial charge is 0.180 e. The van der Waals surface area contributed by atoms with E-state index in [0.717, 1.165) is 5.56 Å². The summed E-state index contributed by atoms with van der Waals surface area (Å²) in [7, 11) is -2.04. The lowest BCUT2D eigenvalue weighted by Crippen LogP contribution is -2.50. The molecule has 0 fully saturated rings. The Morgan fingerprint density at radius 3 is 2.54 bits per heavy atom. The van der Waals surface area contributed by atoms with Crippen molar-refractivity contribution in [2.45, 2.75) is 49.6 Å². The molecule has 1 aliphatic rings. The molecule has 0 unspecified atom stereocenters. The van der Waals surface area contributed by atoms with Gasteiger partial charge in [-0.2, -0.15) is 0 Å². The molecule has 0 bridgehead atoms. The van der Waals surface area contributed by atoms with E-state index in [-0.39, 0.29) is 17.6 Å². The highest BCUT2D eigenvalue weighted by molar-refractivity contribution is 7.91. The standard InChI is InChI=1S/C22H27NO4S/c1-4-22(13-12-16(2)24)15-28(25,26)20-14-18(27-3)10-11-19(20)21(23-22)17-8-6-5-7-9-17/h5-11,14,21,23H,4,12-13,15H2,1-3H3/t21-,22-/m0/s1. The zero-order chi connectivity index (χ0) is 20.4. The number of sulfone groups is 1. The second-order valence-electron chi connectivity index (χ2n) is 7.49. The monoisotopic (exact) mass is 401 g/mol. The molecule has 2 aromatic carbocycles. The molecule has 1 N–H and O–H groups in total. The zero-order valence-corrected chi connectivity index (χ0v) is 17.4. The number of carbonyl (C=O) groups excluding carboxylic acids is 1. The quantitative estimate of drug-likeness (QED) is 0.799. The maximum Gasteiger partial charge on any atom is 0.180 e. The molecular formula is C22H27NO4S. The summed E-state index contributed by atoms with van der Waals surface area (Å²) >= 11 is 0. The highest BCUT2D eigenvalue weighted by atomic mass is 32.2. The third-order valence-corrected chi connectivity index (χ3v) is 7.51. The van der Waals surface area contributed by atoms with Crippen LogP contribution in [0.4, 0.5) is 0 Å². The van der Waals surface area contributed by atoms with Crippen LogP contribution in [0, 0.1) is 0 Å². The summed E-state index contributed by atoms with van der Waals surface area (Å²) in [5.41, 5.74) is 1.02. The molecule has 0 spiro atoms. The van der Waals surface area contributed by atoms with Crippen LogP contribution < -0.4 is 10.1 Å². The van der Waals surface area contributed by atoms with Crippen molar-refractivity contribution in [3.63, 3.8) is 0 Å². The lowest BCUT2D eigenvalue weighted by atomic mass is 9.88. The lowest BCUT2D eigenvalue weighted by molar-refractivity contribution is -0.117. The predicted molar refractivity (Wildman–Crippen MR) is 109 cm³/mol. The molecule has 2 aromatic rings. The number of hydrogen-bond donors (Lipinski definition) is 1. The second kappa shape index (κ2) is 8.05. The molecule has 6 heteroatoms. The normalized spacial score (nSPS) is 23.5. The van der Waals surface area contributed by atoms with Crippen LogP contribution in [-0.2, 0) is 14.6 Å². The van der Waals surface area contributed by atoms with E-state index >= 15 is 0 Å². The van der Waals surface area contributed by atoms with Crippen molar-refractivity contribution >= 4 is 15.6 Å².